The first-order valence-electron chi connectivity index (χ1n) is 6.25. The lowest BCUT2D eigenvalue weighted by Gasteiger charge is -2.09. The van der Waals surface area contributed by atoms with Gasteiger partial charge in [-0.1, -0.05) is 11.6 Å². The molecular weight excluding hydrogens is 408 g/mol. The quantitative estimate of drug-likeness (QED) is 0.730. The van der Waals surface area contributed by atoms with Crippen LogP contribution in [0.4, 0.5) is 0 Å². The molecule has 2 aromatic rings. The topological polar surface area (TPSA) is 84.5 Å². The van der Waals surface area contributed by atoms with Gasteiger partial charge in [0.1, 0.15) is 5.75 Å². The molecule has 0 bridgehead atoms. The van der Waals surface area contributed by atoms with Crippen LogP contribution in [-0.2, 0) is 10.0 Å². The molecule has 0 fully saturated rings. The molecule has 0 aromatic heterocycles. The molecule has 2 aromatic carbocycles. The first-order chi connectivity index (χ1) is 10.8. The number of hydrazine groups is 1. The van der Waals surface area contributed by atoms with Crippen molar-refractivity contribution in [1.82, 2.24) is 10.3 Å². The predicted molar refractivity (Wildman–Crippen MR) is 89.9 cm³/mol. The second kappa shape index (κ2) is 7.31. The number of benzene rings is 2. The van der Waals surface area contributed by atoms with Crippen LogP contribution in [0, 0.1) is 0 Å². The zero-order valence-corrected chi connectivity index (χ0v) is 15.0. The Morgan fingerprint density at radius 3 is 2.39 bits per heavy atom. The fourth-order valence-corrected chi connectivity index (χ4v) is 3.17. The van der Waals surface area contributed by atoms with Gasteiger partial charge in [-0.15, -0.1) is 4.83 Å². The van der Waals surface area contributed by atoms with Crippen molar-refractivity contribution in [1.29, 1.82) is 0 Å². The Hall–Kier alpha value is -1.61. The Morgan fingerprint density at radius 1 is 1.17 bits per heavy atom. The van der Waals surface area contributed by atoms with Gasteiger partial charge in [0.05, 0.1) is 16.5 Å². The van der Waals surface area contributed by atoms with Gasteiger partial charge in [0.25, 0.3) is 15.9 Å². The van der Waals surface area contributed by atoms with Crippen LogP contribution in [0.5, 0.6) is 5.75 Å². The van der Waals surface area contributed by atoms with Crippen LogP contribution in [0.2, 0.25) is 5.02 Å². The van der Waals surface area contributed by atoms with Crippen molar-refractivity contribution in [2.24, 2.45) is 0 Å². The molecule has 0 aliphatic heterocycles. The number of amides is 1. The zero-order valence-electron chi connectivity index (χ0n) is 11.8. The van der Waals surface area contributed by atoms with E-state index >= 15 is 0 Å². The smallest absolute Gasteiger partial charge is 0.266 e. The van der Waals surface area contributed by atoms with Crippen LogP contribution in [0.25, 0.3) is 0 Å². The van der Waals surface area contributed by atoms with Gasteiger partial charge in [-0.25, -0.2) is 8.42 Å². The normalized spacial score (nSPS) is 11.1. The molecule has 0 unspecified atom stereocenters. The number of methoxy groups -OCH3 is 1. The number of carbonyl (C=O) groups excluding carboxylic acids is 1. The maximum Gasteiger partial charge on any atom is 0.266 e. The van der Waals surface area contributed by atoms with E-state index in [9.17, 15) is 13.2 Å². The third-order valence-electron chi connectivity index (χ3n) is 2.84. The molecule has 0 atom stereocenters. The summed E-state index contributed by atoms with van der Waals surface area (Å²) in [6.07, 6.45) is 0. The van der Waals surface area contributed by atoms with E-state index in [1.54, 1.807) is 6.07 Å². The lowest BCUT2D eigenvalue weighted by atomic mass is 10.2. The fourth-order valence-electron chi connectivity index (χ4n) is 1.67. The average molecular weight is 420 g/mol. The number of rotatable bonds is 5. The largest absolute Gasteiger partial charge is 0.496 e. The lowest BCUT2D eigenvalue weighted by molar-refractivity contribution is 0.0945. The Balaban J connectivity index is 2.09. The molecule has 0 aliphatic carbocycles. The molecule has 6 nitrogen and oxygen atoms in total. The highest BCUT2D eigenvalue weighted by atomic mass is 79.9. The van der Waals surface area contributed by atoms with E-state index in [1.165, 1.54) is 43.5 Å². The molecule has 9 heteroatoms. The standard InChI is InChI=1S/C14H12BrClN2O4S/c1-22-13-7-2-9(8-12(13)15)14(19)17-18-23(20,21)11-5-3-10(16)4-6-11/h2-8,18H,1H3,(H,17,19). The van der Waals surface area contributed by atoms with Gasteiger partial charge in [0.15, 0.2) is 0 Å². The van der Waals surface area contributed by atoms with Crippen molar-refractivity contribution in [3.8, 4) is 5.75 Å². The van der Waals surface area contributed by atoms with Crippen molar-refractivity contribution in [3.63, 3.8) is 0 Å². The summed E-state index contributed by atoms with van der Waals surface area (Å²) in [5.74, 6) is -0.0470. The van der Waals surface area contributed by atoms with Crippen LogP contribution in [0.3, 0.4) is 0 Å². The summed E-state index contributed by atoms with van der Waals surface area (Å²) in [4.78, 5) is 14.0. The summed E-state index contributed by atoms with van der Waals surface area (Å²) in [5, 5.41) is 0.413. The van der Waals surface area contributed by atoms with E-state index in [1.807, 2.05) is 4.83 Å². The van der Waals surface area contributed by atoms with E-state index in [2.05, 4.69) is 21.4 Å². The van der Waals surface area contributed by atoms with E-state index in [0.29, 0.717) is 15.2 Å². The van der Waals surface area contributed by atoms with Crippen LogP contribution in [0.1, 0.15) is 10.4 Å². The third kappa shape index (κ3) is 4.44. The predicted octanol–water partition coefficient (Wildman–Crippen LogP) is 2.73. The summed E-state index contributed by atoms with van der Waals surface area (Å²) in [6.45, 7) is 0. The van der Waals surface area contributed by atoms with Gasteiger partial charge in [-0.2, -0.15) is 0 Å². The summed E-state index contributed by atoms with van der Waals surface area (Å²) in [6, 6.07) is 10.2. The Kier molecular flexibility index (Phi) is 5.64. The Labute approximate surface area is 146 Å². The number of halogens is 2. The van der Waals surface area contributed by atoms with Crippen molar-refractivity contribution in [2.75, 3.05) is 7.11 Å². The van der Waals surface area contributed by atoms with Crippen molar-refractivity contribution < 1.29 is 17.9 Å². The van der Waals surface area contributed by atoms with Crippen LogP contribution >= 0.6 is 27.5 Å². The molecule has 1 amide bonds. The maximum absolute atomic E-state index is 12.0. The Morgan fingerprint density at radius 2 is 1.83 bits per heavy atom. The van der Waals surface area contributed by atoms with Crippen LogP contribution < -0.4 is 15.0 Å². The van der Waals surface area contributed by atoms with Crippen molar-refractivity contribution >= 4 is 43.5 Å². The van der Waals surface area contributed by atoms with Gasteiger partial charge in [0.2, 0.25) is 0 Å². The monoisotopic (exact) mass is 418 g/mol. The highest BCUT2D eigenvalue weighted by Crippen LogP contribution is 2.25. The van der Waals surface area contributed by atoms with Gasteiger partial charge in [-0.3, -0.25) is 10.2 Å². The van der Waals surface area contributed by atoms with Crippen LogP contribution in [0.15, 0.2) is 51.8 Å². The number of hydrogen-bond acceptors (Lipinski definition) is 4. The zero-order chi connectivity index (χ0) is 17.0. The summed E-state index contributed by atoms with van der Waals surface area (Å²) in [7, 11) is -2.38. The highest BCUT2D eigenvalue weighted by molar-refractivity contribution is 9.10. The fraction of sp³-hybridized carbons (Fsp3) is 0.0714. The van der Waals surface area contributed by atoms with Gasteiger partial charge in [0, 0.05) is 10.6 Å². The second-order valence-electron chi connectivity index (χ2n) is 4.36. The molecule has 0 spiro atoms. The number of carbonyl (C=O) groups is 1. The summed E-state index contributed by atoms with van der Waals surface area (Å²) >= 11 is 8.96. The van der Waals surface area contributed by atoms with E-state index in [0.717, 1.165) is 0 Å². The molecule has 23 heavy (non-hydrogen) atoms. The molecule has 0 heterocycles. The molecule has 122 valence electrons. The van der Waals surface area contributed by atoms with Crippen molar-refractivity contribution in [2.45, 2.75) is 4.90 Å². The number of ether oxygens (including phenoxy) is 1. The van der Waals surface area contributed by atoms with Crippen LogP contribution in [-0.4, -0.2) is 21.4 Å². The molecule has 2 N–H and O–H groups in total. The minimum absolute atomic E-state index is 0.0156. The highest BCUT2D eigenvalue weighted by Gasteiger charge is 2.16. The molecule has 0 radical (unpaired) electrons. The van der Waals surface area contributed by atoms with E-state index in [-0.39, 0.29) is 10.5 Å². The minimum atomic E-state index is -3.88. The first kappa shape index (κ1) is 17.7. The van der Waals surface area contributed by atoms with Crippen molar-refractivity contribution in [3.05, 3.63) is 57.5 Å². The lowest BCUT2D eigenvalue weighted by Crippen LogP contribution is -2.41. The number of hydrogen-bond donors (Lipinski definition) is 2. The van der Waals surface area contributed by atoms with Gasteiger partial charge >= 0.3 is 0 Å². The minimum Gasteiger partial charge on any atom is -0.496 e. The third-order valence-corrected chi connectivity index (χ3v) is 4.97. The summed E-state index contributed by atoms with van der Waals surface area (Å²) in [5.41, 5.74) is 2.41. The van der Waals surface area contributed by atoms with Gasteiger partial charge in [-0.05, 0) is 58.4 Å². The SMILES string of the molecule is COc1ccc(C(=O)NNS(=O)(=O)c2ccc(Cl)cc2)cc1Br. The van der Waals surface area contributed by atoms with E-state index < -0.39 is 15.9 Å². The van der Waals surface area contributed by atoms with E-state index in [4.69, 9.17) is 16.3 Å². The summed E-state index contributed by atoms with van der Waals surface area (Å²) < 4.78 is 29.7. The molecule has 0 saturated carbocycles. The maximum atomic E-state index is 12.0. The second-order valence-corrected chi connectivity index (χ2v) is 7.34. The molecule has 0 aliphatic rings. The number of sulfonamides is 1. The van der Waals surface area contributed by atoms with Gasteiger partial charge < -0.3 is 4.74 Å². The average Bonchev–Trinajstić information content (AvgIpc) is 2.53. The number of nitrogens with one attached hydrogen (secondary N) is 2. The molecule has 2 rings (SSSR count). The first-order valence-corrected chi connectivity index (χ1v) is 8.90. The molecule has 0 saturated heterocycles. The Bertz CT molecular complexity index is 825. The molecular formula is C14H12BrClN2O4S.